The molecule has 1 N–H and O–H groups in total. The number of benzene rings is 3. The second-order valence-electron chi connectivity index (χ2n) is 6.05. The lowest BCUT2D eigenvalue weighted by molar-refractivity contribution is -0.114. The third kappa shape index (κ3) is 5.35. The average molecular weight is 390 g/mol. The Labute approximate surface area is 169 Å². The zero-order valence-corrected chi connectivity index (χ0v) is 16.3. The van der Waals surface area contributed by atoms with Gasteiger partial charge < -0.3 is 19.6 Å². The van der Waals surface area contributed by atoms with Crippen LogP contribution in [-0.4, -0.2) is 25.8 Å². The summed E-state index contributed by atoms with van der Waals surface area (Å²) in [6.07, 6.45) is 0. The van der Waals surface area contributed by atoms with Crippen LogP contribution >= 0.6 is 0 Å². The van der Waals surface area contributed by atoms with Crippen LogP contribution in [-0.2, 0) is 16.2 Å². The fourth-order valence-corrected chi connectivity index (χ4v) is 2.65. The Morgan fingerprint density at radius 1 is 0.897 bits per heavy atom. The van der Waals surface area contributed by atoms with E-state index in [1.807, 2.05) is 60.7 Å². The second-order valence-corrected chi connectivity index (χ2v) is 6.05. The van der Waals surface area contributed by atoms with Gasteiger partial charge in [-0.15, -0.1) is 0 Å². The van der Waals surface area contributed by atoms with E-state index in [1.165, 1.54) is 14.2 Å². The van der Waals surface area contributed by atoms with Crippen molar-refractivity contribution in [2.45, 2.75) is 6.61 Å². The number of carbonyl (C=O) groups is 1. The van der Waals surface area contributed by atoms with Gasteiger partial charge in [0.1, 0.15) is 31.0 Å². The molecule has 148 valence electrons. The standard InChI is InChI=1S/C23H22N2O4/c1-24-23(26)22(25-27-2)20-10-6-7-11-21(20)29-19-14-12-18(13-15-19)28-16-17-8-4-3-5-9-17/h3-15H,16H2,1-2H3,(H,24,26)/b25-22+. The van der Waals surface area contributed by atoms with Crippen molar-refractivity contribution in [3.05, 3.63) is 90.0 Å². The number of carbonyl (C=O) groups excluding carboxylic acids is 1. The maximum Gasteiger partial charge on any atom is 0.273 e. The topological polar surface area (TPSA) is 69.2 Å². The first-order valence-corrected chi connectivity index (χ1v) is 9.08. The first kappa shape index (κ1) is 19.9. The summed E-state index contributed by atoms with van der Waals surface area (Å²) < 4.78 is 11.8. The molecule has 29 heavy (non-hydrogen) atoms. The van der Waals surface area contributed by atoms with E-state index in [9.17, 15) is 4.79 Å². The highest BCUT2D eigenvalue weighted by atomic mass is 16.6. The predicted octanol–water partition coefficient (Wildman–Crippen LogP) is 4.15. The van der Waals surface area contributed by atoms with E-state index in [0.717, 1.165) is 11.3 Å². The van der Waals surface area contributed by atoms with Gasteiger partial charge in [0.05, 0.1) is 5.56 Å². The Balaban J connectivity index is 1.73. The van der Waals surface area contributed by atoms with Crippen LogP contribution < -0.4 is 14.8 Å². The molecule has 0 unspecified atom stereocenters. The van der Waals surface area contributed by atoms with Gasteiger partial charge in [0.15, 0.2) is 5.71 Å². The number of nitrogens with zero attached hydrogens (tertiary/aromatic N) is 1. The number of likely N-dealkylation sites (N-methyl/N-ethyl adjacent to an activating group) is 1. The molecule has 0 fully saturated rings. The van der Waals surface area contributed by atoms with E-state index in [0.29, 0.717) is 23.7 Å². The Bertz CT molecular complexity index is 970. The molecule has 0 aliphatic heterocycles. The van der Waals surface area contributed by atoms with E-state index in [-0.39, 0.29) is 11.6 Å². The highest BCUT2D eigenvalue weighted by Gasteiger charge is 2.18. The molecule has 0 aliphatic rings. The number of rotatable bonds is 8. The smallest absolute Gasteiger partial charge is 0.273 e. The molecule has 3 aromatic carbocycles. The molecule has 3 rings (SSSR count). The number of oxime groups is 1. The van der Waals surface area contributed by atoms with Crippen LogP contribution in [0.4, 0.5) is 0 Å². The molecule has 0 heterocycles. The lowest BCUT2D eigenvalue weighted by Crippen LogP contribution is -2.28. The molecule has 0 radical (unpaired) electrons. The van der Waals surface area contributed by atoms with Crippen molar-refractivity contribution in [2.24, 2.45) is 5.16 Å². The summed E-state index contributed by atoms with van der Waals surface area (Å²) in [5.41, 5.74) is 1.76. The number of nitrogens with one attached hydrogen (secondary N) is 1. The lowest BCUT2D eigenvalue weighted by Gasteiger charge is -2.12. The lowest BCUT2D eigenvalue weighted by atomic mass is 10.1. The van der Waals surface area contributed by atoms with E-state index in [4.69, 9.17) is 14.3 Å². The summed E-state index contributed by atoms with van der Waals surface area (Å²) in [5, 5.41) is 6.39. The number of hydrogen-bond donors (Lipinski definition) is 1. The normalized spacial score (nSPS) is 10.9. The van der Waals surface area contributed by atoms with Crippen LogP contribution in [0.25, 0.3) is 0 Å². The Hall–Kier alpha value is -3.80. The van der Waals surface area contributed by atoms with Crippen LogP contribution in [0.15, 0.2) is 84.0 Å². The van der Waals surface area contributed by atoms with Crippen LogP contribution in [0.1, 0.15) is 11.1 Å². The third-order valence-electron chi connectivity index (χ3n) is 4.07. The maximum absolute atomic E-state index is 12.1. The largest absolute Gasteiger partial charge is 0.489 e. The number of hydrogen-bond acceptors (Lipinski definition) is 5. The van der Waals surface area contributed by atoms with Crippen molar-refractivity contribution < 1.29 is 19.1 Å². The molecule has 6 nitrogen and oxygen atoms in total. The van der Waals surface area contributed by atoms with Gasteiger partial charge in [-0.25, -0.2) is 0 Å². The molecule has 0 aliphatic carbocycles. The number of ether oxygens (including phenoxy) is 2. The molecule has 0 bridgehead atoms. The van der Waals surface area contributed by atoms with Crippen LogP contribution in [0.3, 0.4) is 0 Å². The molecular weight excluding hydrogens is 368 g/mol. The minimum atomic E-state index is -0.368. The Kier molecular flexibility index (Phi) is 6.84. The van der Waals surface area contributed by atoms with E-state index in [2.05, 4.69) is 10.5 Å². The van der Waals surface area contributed by atoms with Gasteiger partial charge in [0.2, 0.25) is 0 Å². The minimum absolute atomic E-state index is 0.133. The fraction of sp³-hybridized carbons (Fsp3) is 0.130. The van der Waals surface area contributed by atoms with Crippen molar-refractivity contribution >= 4 is 11.6 Å². The first-order chi connectivity index (χ1) is 14.2. The molecule has 3 aromatic rings. The van der Waals surface area contributed by atoms with Crippen molar-refractivity contribution in [1.29, 1.82) is 0 Å². The summed E-state index contributed by atoms with van der Waals surface area (Å²) in [7, 11) is 2.92. The minimum Gasteiger partial charge on any atom is -0.489 e. The fourth-order valence-electron chi connectivity index (χ4n) is 2.65. The highest BCUT2D eigenvalue weighted by molar-refractivity contribution is 6.45. The Morgan fingerprint density at radius 2 is 1.55 bits per heavy atom. The summed E-state index contributed by atoms with van der Waals surface area (Å²) in [6.45, 7) is 0.493. The van der Waals surface area contributed by atoms with Gasteiger partial charge in [-0.05, 0) is 42.0 Å². The molecule has 6 heteroatoms. The third-order valence-corrected chi connectivity index (χ3v) is 4.07. The summed E-state index contributed by atoms with van der Waals surface area (Å²) in [5.74, 6) is 1.47. The molecule has 0 aromatic heterocycles. The SMILES string of the molecule is CNC(=O)/C(=N/OC)c1ccccc1Oc1ccc(OCc2ccccc2)cc1. The molecule has 0 saturated heterocycles. The van der Waals surface area contributed by atoms with Crippen molar-refractivity contribution in [3.63, 3.8) is 0 Å². The van der Waals surface area contributed by atoms with E-state index >= 15 is 0 Å². The summed E-state index contributed by atoms with van der Waals surface area (Å²) in [6, 6.07) is 24.4. The first-order valence-electron chi connectivity index (χ1n) is 9.08. The van der Waals surface area contributed by atoms with Gasteiger partial charge in [0, 0.05) is 7.05 Å². The molecule has 0 spiro atoms. The second kappa shape index (κ2) is 9.94. The monoisotopic (exact) mass is 390 g/mol. The highest BCUT2D eigenvalue weighted by Crippen LogP contribution is 2.27. The summed E-state index contributed by atoms with van der Waals surface area (Å²) in [4.78, 5) is 17.0. The summed E-state index contributed by atoms with van der Waals surface area (Å²) >= 11 is 0. The van der Waals surface area contributed by atoms with Crippen LogP contribution in [0, 0.1) is 0 Å². The predicted molar refractivity (Wildman–Crippen MR) is 111 cm³/mol. The van der Waals surface area contributed by atoms with Crippen LogP contribution in [0.5, 0.6) is 17.2 Å². The van der Waals surface area contributed by atoms with Gasteiger partial charge in [-0.2, -0.15) is 0 Å². The number of para-hydroxylation sites is 1. The van der Waals surface area contributed by atoms with Gasteiger partial charge in [-0.3, -0.25) is 4.79 Å². The van der Waals surface area contributed by atoms with Gasteiger partial charge in [0.25, 0.3) is 5.91 Å². The quantitative estimate of drug-likeness (QED) is 0.463. The number of amides is 1. The van der Waals surface area contributed by atoms with E-state index in [1.54, 1.807) is 18.2 Å². The Morgan fingerprint density at radius 3 is 2.24 bits per heavy atom. The zero-order valence-electron chi connectivity index (χ0n) is 16.3. The molecular formula is C23H22N2O4. The zero-order chi connectivity index (χ0) is 20.5. The molecule has 1 amide bonds. The van der Waals surface area contributed by atoms with Crippen molar-refractivity contribution in [1.82, 2.24) is 5.32 Å². The molecule has 0 atom stereocenters. The average Bonchev–Trinajstić information content (AvgIpc) is 2.78. The van der Waals surface area contributed by atoms with Crippen molar-refractivity contribution in [2.75, 3.05) is 14.2 Å². The van der Waals surface area contributed by atoms with E-state index < -0.39 is 0 Å². The van der Waals surface area contributed by atoms with Gasteiger partial charge in [-0.1, -0.05) is 47.6 Å². The molecule has 0 saturated carbocycles. The van der Waals surface area contributed by atoms with Crippen LogP contribution in [0.2, 0.25) is 0 Å². The van der Waals surface area contributed by atoms with Crippen molar-refractivity contribution in [3.8, 4) is 17.2 Å². The van der Waals surface area contributed by atoms with Gasteiger partial charge >= 0.3 is 0 Å². The maximum atomic E-state index is 12.1.